The molecule has 0 spiro atoms. The highest BCUT2D eigenvalue weighted by molar-refractivity contribution is 7.18. The van der Waals surface area contributed by atoms with Crippen molar-refractivity contribution >= 4 is 38.8 Å². The van der Waals surface area contributed by atoms with Crippen molar-refractivity contribution < 1.29 is 4.79 Å². The van der Waals surface area contributed by atoms with E-state index < -0.39 is 0 Å². The fraction of sp³-hybridized carbons (Fsp3) is 0.222. The van der Waals surface area contributed by atoms with Gasteiger partial charge in [-0.25, -0.2) is 4.98 Å². The molecule has 2 N–H and O–H groups in total. The maximum absolute atomic E-state index is 12.3. The Hall–Kier alpha value is -2.40. The van der Waals surface area contributed by atoms with E-state index in [-0.39, 0.29) is 11.9 Å². The summed E-state index contributed by atoms with van der Waals surface area (Å²) >= 11 is 1.65. The maximum atomic E-state index is 12.3. The van der Waals surface area contributed by atoms with Crippen molar-refractivity contribution in [3.05, 3.63) is 53.0 Å². The van der Waals surface area contributed by atoms with E-state index in [2.05, 4.69) is 15.6 Å². The molecule has 1 amide bonds. The topological polar surface area (TPSA) is 54.0 Å². The third-order valence-electron chi connectivity index (χ3n) is 3.56. The molecule has 4 nitrogen and oxygen atoms in total. The lowest BCUT2D eigenvalue weighted by Crippen LogP contribution is -2.31. The van der Waals surface area contributed by atoms with E-state index in [9.17, 15) is 4.79 Å². The highest BCUT2D eigenvalue weighted by Gasteiger charge is 2.13. The standard InChI is InChI=1S/C18H19N3OS/c1-11-5-4-6-14(9-11)21-18(22)12(2)19-15-7-8-16-17(10-15)23-13(3)20-16/h4-10,12,19H,1-3H3,(H,21,22). The Morgan fingerprint density at radius 2 is 1.96 bits per heavy atom. The summed E-state index contributed by atoms with van der Waals surface area (Å²) in [6, 6.07) is 13.4. The number of carbonyl (C=O) groups excluding carboxylic acids is 1. The van der Waals surface area contributed by atoms with Crippen LogP contribution in [0.2, 0.25) is 0 Å². The Labute approximate surface area is 139 Å². The largest absolute Gasteiger partial charge is 0.374 e. The number of amides is 1. The van der Waals surface area contributed by atoms with Crippen LogP contribution in [0.5, 0.6) is 0 Å². The van der Waals surface area contributed by atoms with E-state index in [0.29, 0.717) is 0 Å². The number of fused-ring (bicyclic) bond motifs is 1. The Morgan fingerprint density at radius 3 is 2.74 bits per heavy atom. The third kappa shape index (κ3) is 3.68. The second-order valence-electron chi connectivity index (χ2n) is 5.64. The van der Waals surface area contributed by atoms with Gasteiger partial charge >= 0.3 is 0 Å². The summed E-state index contributed by atoms with van der Waals surface area (Å²) in [5.41, 5.74) is 3.86. The van der Waals surface area contributed by atoms with Gasteiger partial charge < -0.3 is 10.6 Å². The fourth-order valence-electron chi connectivity index (χ4n) is 2.42. The molecule has 3 rings (SSSR count). The van der Waals surface area contributed by atoms with Crippen molar-refractivity contribution in [2.75, 3.05) is 10.6 Å². The fourth-order valence-corrected chi connectivity index (χ4v) is 3.28. The van der Waals surface area contributed by atoms with Gasteiger partial charge in [-0.3, -0.25) is 4.79 Å². The number of hydrogen-bond donors (Lipinski definition) is 2. The van der Waals surface area contributed by atoms with Crippen molar-refractivity contribution in [2.45, 2.75) is 26.8 Å². The first-order valence-corrected chi connectivity index (χ1v) is 8.34. The molecule has 1 unspecified atom stereocenters. The normalized spacial score (nSPS) is 12.1. The van der Waals surface area contributed by atoms with Crippen LogP contribution < -0.4 is 10.6 Å². The van der Waals surface area contributed by atoms with E-state index in [4.69, 9.17) is 0 Å². The first-order chi connectivity index (χ1) is 11.0. The van der Waals surface area contributed by atoms with Gasteiger partial charge in [-0.1, -0.05) is 12.1 Å². The van der Waals surface area contributed by atoms with Gasteiger partial charge in [0.2, 0.25) is 5.91 Å². The molecule has 0 aliphatic carbocycles. The summed E-state index contributed by atoms with van der Waals surface area (Å²) < 4.78 is 1.12. The average Bonchev–Trinajstić information content (AvgIpc) is 2.86. The minimum absolute atomic E-state index is 0.0591. The number of aryl methyl sites for hydroxylation is 2. The SMILES string of the molecule is Cc1cccc(NC(=O)C(C)Nc2ccc3nc(C)sc3c2)c1. The molecule has 1 atom stereocenters. The lowest BCUT2D eigenvalue weighted by Gasteiger charge is -2.15. The van der Waals surface area contributed by atoms with Gasteiger partial charge in [0, 0.05) is 11.4 Å². The summed E-state index contributed by atoms with van der Waals surface area (Å²) in [6.45, 7) is 5.85. The molecule has 2 aromatic carbocycles. The Kier molecular flexibility index (Phi) is 4.30. The van der Waals surface area contributed by atoms with Crippen LogP contribution in [-0.2, 0) is 4.79 Å². The number of thiazole rings is 1. The first kappa shape index (κ1) is 15.5. The lowest BCUT2D eigenvalue weighted by molar-refractivity contribution is -0.116. The molecule has 3 aromatic rings. The summed E-state index contributed by atoms with van der Waals surface area (Å²) in [6.07, 6.45) is 0. The number of benzene rings is 2. The van der Waals surface area contributed by atoms with Crippen LogP contribution in [-0.4, -0.2) is 16.9 Å². The number of carbonyl (C=O) groups is 1. The van der Waals surface area contributed by atoms with E-state index in [1.807, 2.05) is 63.2 Å². The maximum Gasteiger partial charge on any atom is 0.246 e. The van der Waals surface area contributed by atoms with Crippen molar-refractivity contribution in [1.82, 2.24) is 4.98 Å². The predicted molar refractivity (Wildman–Crippen MR) is 97.3 cm³/mol. The lowest BCUT2D eigenvalue weighted by atomic mass is 10.2. The molecule has 0 saturated carbocycles. The zero-order chi connectivity index (χ0) is 16.4. The molecule has 0 radical (unpaired) electrons. The van der Waals surface area contributed by atoms with Gasteiger partial charge in [0.1, 0.15) is 6.04 Å². The Bertz CT molecular complexity index is 856. The summed E-state index contributed by atoms with van der Waals surface area (Å²) in [7, 11) is 0. The van der Waals surface area contributed by atoms with E-state index in [1.165, 1.54) is 0 Å². The van der Waals surface area contributed by atoms with Crippen LogP contribution >= 0.6 is 11.3 Å². The number of rotatable bonds is 4. The van der Waals surface area contributed by atoms with Gasteiger partial charge in [0.15, 0.2) is 0 Å². The minimum atomic E-state index is -0.331. The average molecular weight is 325 g/mol. The van der Waals surface area contributed by atoms with Gasteiger partial charge in [-0.05, 0) is 56.7 Å². The molecular formula is C18H19N3OS. The molecule has 118 valence electrons. The Morgan fingerprint density at radius 1 is 1.13 bits per heavy atom. The Balaban J connectivity index is 1.69. The molecule has 0 aliphatic heterocycles. The molecular weight excluding hydrogens is 306 g/mol. The molecule has 1 aromatic heterocycles. The van der Waals surface area contributed by atoms with Crippen LogP contribution in [0.4, 0.5) is 11.4 Å². The monoisotopic (exact) mass is 325 g/mol. The van der Waals surface area contributed by atoms with Crippen molar-refractivity contribution in [3.8, 4) is 0 Å². The molecule has 1 heterocycles. The van der Waals surface area contributed by atoms with Crippen molar-refractivity contribution in [3.63, 3.8) is 0 Å². The van der Waals surface area contributed by atoms with Crippen LogP contribution in [0.15, 0.2) is 42.5 Å². The molecule has 0 saturated heterocycles. The summed E-state index contributed by atoms with van der Waals surface area (Å²) in [5.74, 6) is -0.0591. The first-order valence-electron chi connectivity index (χ1n) is 7.52. The second-order valence-corrected chi connectivity index (χ2v) is 6.87. The van der Waals surface area contributed by atoms with Gasteiger partial charge in [-0.2, -0.15) is 0 Å². The van der Waals surface area contributed by atoms with E-state index in [1.54, 1.807) is 11.3 Å². The number of nitrogens with zero attached hydrogens (tertiary/aromatic N) is 1. The minimum Gasteiger partial charge on any atom is -0.374 e. The van der Waals surface area contributed by atoms with E-state index in [0.717, 1.165) is 32.2 Å². The van der Waals surface area contributed by atoms with Gasteiger partial charge in [0.25, 0.3) is 0 Å². The third-order valence-corrected chi connectivity index (χ3v) is 4.49. The zero-order valence-corrected chi connectivity index (χ0v) is 14.2. The summed E-state index contributed by atoms with van der Waals surface area (Å²) in [5, 5.41) is 7.22. The quantitative estimate of drug-likeness (QED) is 0.749. The summed E-state index contributed by atoms with van der Waals surface area (Å²) in [4.78, 5) is 16.8. The van der Waals surface area contributed by atoms with Crippen LogP contribution in [0.1, 0.15) is 17.5 Å². The zero-order valence-electron chi connectivity index (χ0n) is 13.4. The molecule has 23 heavy (non-hydrogen) atoms. The number of anilines is 2. The number of hydrogen-bond acceptors (Lipinski definition) is 4. The molecule has 0 aliphatic rings. The van der Waals surface area contributed by atoms with E-state index >= 15 is 0 Å². The van der Waals surface area contributed by atoms with Gasteiger partial charge in [-0.15, -0.1) is 11.3 Å². The number of aromatic nitrogens is 1. The van der Waals surface area contributed by atoms with Crippen LogP contribution in [0.3, 0.4) is 0 Å². The highest BCUT2D eigenvalue weighted by atomic mass is 32.1. The van der Waals surface area contributed by atoms with Crippen molar-refractivity contribution in [1.29, 1.82) is 0 Å². The highest BCUT2D eigenvalue weighted by Crippen LogP contribution is 2.25. The molecule has 0 fully saturated rings. The van der Waals surface area contributed by atoms with Crippen LogP contribution in [0.25, 0.3) is 10.2 Å². The predicted octanol–water partition coefficient (Wildman–Crippen LogP) is 4.35. The number of nitrogens with one attached hydrogen (secondary N) is 2. The second kappa shape index (κ2) is 6.38. The molecule has 0 bridgehead atoms. The van der Waals surface area contributed by atoms with Crippen LogP contribution in [0, 0.1) is 13.8 Å². The van der Waals surface area contributed by atoms with Crippen molar-refractivity contribution in [2.24, 2.45) is 0 Å². The van der Waals surface area contributed by atoms with Gasteiger partial charge in [0.05, 0.1) is 15.2 Å². The molecule has 5 heteroatoms. The smallest absolute Gasteiger partial charge is 0.246 e.